The van der Waals surface area contributed by atoms with Crippen LogP contribution < -0.4 is 9.67 Å². The van der Waals surface area contributed by atoms with E-state index in [4.69, 9.17) is 0 Å². The highest BCUT2D eigenvalue weighted by atomic mass is 16.4. The van der Waals surface area contributed by atoms with Crippen LogP contribution in [0.1, 0.15) is 12.5 Å². The van der Waals surface area contributed by atoms with Crippen molar-refractivity contribution in [3.05, 3.63) is 47.8 Å². The standard InChI is InChI=1S/C12H13NO2/c1-10(8-12(14)15)5-6-11-4-3-7-13(2)9-11/h3-9H,1-2H3/b6-5+,10-8?. The fraction of sp³-hybridized carbons (Fsp3) is 0.167. The number of aryl methyl sites for hydroxylation is 1. The van der Waals surface area contributed by atoms with E-state index in [1.165, 1.54) is 0 Å². The lowest BCUT2D eigenvalue weighted by atomic mass is 10.2. The Balaban J connectivity index is 2.78. The van der Waals surface area contributed by atoms with Gasteiger partial charge in [0.25, 0.3) is 0 Å². The van der Waals surface area contributed by atoms with Crippen LogP contribution in [0.25, 0.3) is 6.08 Å². The lowest BCUT2D eigenvalue weighted by Crippen LogP contribution is -2.26. The minimum Gasteiger partial charge on any atom is -0.545 e. The third kappa shape index (κ3) is 4.22. The second-order valence-corrected chi connectivity index (χ2v) is 3.34. The van der Waals surface area contributed by atoms with Crippen molar-refractivity contribution in [2.75, 3.05) is 0 Å². The molecule has 0 aliphatic rings. The molecule has 0 bridgehead atoms. The van der Waals surface area contributed by atoms with Gasteiger partial charge in [-0.15, -0.1) is 0 Å². The van der Waals surface area contributed by atoms with Crippen molar-refractivity contribution in [1.82, 2.24) is 0 Å². The molecule has 0 atom stereocenters. The van der Waals surface area contributed by atoms with Gasteiger partial charge in [-0.05, 0) is 30.7 Å². The van der Waals surface area contributed by atoms with E-state index in [9.17, 15) is 9.90 Å². The van der Waals surface area contributed by atoms with Crippen molar-refractivity contribution < 1.29 is 14.5 Å². The Bertz CT molecular complexity index is 419. The fourth-order valence-corrected chi connectivity index (χ4v) is 1.17. The minimum atomic E-state index is -1.17. The van der Waals surface area contributed by atoms with Crippen molar-refractivity contribution in [2.24, 2.45) is 7.05 Å². The average molecular weight is 203 g/mol. The minimum absolute atomic E-state index is 0.654. The van der Waals surface area contributed by atoms with Crippen LogP contribution in [0.3, 0.4) is 0 Å². The second-order valence-electron chi connectivity index (χ2n) is 3.34. The lowest BCUT2D eigenvalue weighted by Gasteiger charge is -1.94. The first-order chi connectivity index (χ1) is 7.08. The molecule has 0 amide bonds. The number of hydrogen-bond acceptors (Lipinski definition) is 2. The average Bonchev–Trinajstić information content (AvgIpc) is 2.14. The second kappa shape index (κ2) is 5.10. The molecule has 1 aromatic heterocycles. The molecule has 0 radical (unpaired) electrons. The van der Waals surface area contributed by atoms with Gasteiger partial charge >= 0.3 is 0 Å². The van der Waals surface area contributed by atoms with E-state index in [0.29, 0.717) is 5.57 Å². The summed E-state index contributed by atoms with van der Waals surface area (Å²) < 4.78 is 1.93. The molecule has 3 nitrogen and oxygen atoms in total. The van der Waals surface area contributed by atoms with E-state index in [1.54, 1.807) is 13.0 Å². The SMILES string of the molecule is CC(=CC(=O)[O-])/C=C/c1ccc[n+](C)c1. The van der Waals surface area contributed by atoms with Crippen LogP contribution >= 0.6 is 0 Å². The Labute approximate surface area is 89.0 Å². The summed E-state index contributed by atoms with van der Waals surface area (Å²) in [6.07, 6.45) is 8.54. The number of aromatic nitrogens is 1. The molecule has 0 aliphatic carbocycles. The van der Waals surface area contributed by atoms with E-state index in [0.717, 1.165) is 11.6 Å². The van der Waals surface area contributed by atoms with Crippen LogP contribution in [0.2, 0.25) is 0 Å². The van der Waals surface area contributed by atoms with Gasteiger partial charge in [0.15, 0.2) is 12.4 Å². The number of hydrogen-bond donors (Lipinski definition) is 0. The molecule has 0 aliphatic heterocycles. The molecule has 0 N–H and O–H groups in total. The van der Waals surface area contributed by atoms with Gasteiger partial charge < -0.3 is 9.90 Å². The number of carbonyl (C=O) groups excluding carboxylic acids is 1. The largest absolute Gasteiger partial charge is 0.545 e. The van der Waals surface area contributed by atoms with E-state index in [2.05, 4.69) is 0 Å². The Morgan fingerprint density at radius 1 is 1.53 bits per heavy atom. The van der Waals surface area contributed by atoms with Gasteiger partial charge in [-0.25, -0.2) is 4.57 Å². The van der Waals surface area contributed by atoms with Gasteiger partial charge in [0.1, 0.15) is 7.05 Å². The molecule has 3 heteroatoms. The topological polar surface area (TPSA) is 44.0 Å². The maximum absolute atomic E-state index is 10.2. The van der Waals surface area contributed by atoms with Gasteiger partial charge in [0.2, 0.25) is 0 Å². The zero-order valence-corrected chi connectivity index (χ0v) is 8.81. The Morgan fingerprint density at radius 3 is 2.87 bits per heavy atom. The van der Waals surface area contributed by atoms with Gasteiger partial charge in [0.05, 0.1) is 5.97 Å². The summed E-state index contributed by atoms with van der Waals surface area (Å²) in [4.78, 5) is 10.2. The quantitative estimate of drug-likeness (QED) is 0.401. The highest BCUT2D eigenvalue weighted by molar-refractivity contribution is 5.79. The Hall–Kier alpha value is -1.90. The number of carboxylic acids is 1. The molecule has 0 saturated heterocycles. The maximum atomic E-state index is 10.2. The number of allylic oxidation sites excluding steroid dienone is 2. The molecular formula is C12H13NO2. The zero-order valence-electron chi connectivity index (χ0n) is 8.81. The predicted octanol–water partition coefficient (Wildman–Crippen LogP) is 0.220. The number of rotatable bonds is 3. The van der Waals surface area contributed by atoms with E-state index in [1.807, 2.05) is 42.2 Å². The molecule has 0 spiro atoms. The highest BCUT2D eigenvalue weighted by Crippen LogP contribution is 2.02. The van der Waals surface area contributed by atoms with E-state index < -0.39 is 5.97 Å². The fourth-order valence-electron chi connectivity index (χ4n) is 1.17. The van der Waals surface area contributed by atoms with Crippen molar-refractivity contribution >= 4 is 12.0 Å². The maximum Gasteiger partial charge on any atom is 0.175 e. The predicted molar refractivity (Wildman–Crippen MR) is 55.4 cm³/mol. The first kappa shape index (κ1) is 11.2. The van der Waals surface area contributed by atoms with Crippen molar-refractivity contribution in [3.8, 4) is 0 Å². The Kier molecular flexibility index (Phi) is 3.80. The highest BCUT2D eigenvalue weighted by Gasteiger charge is 1.92. The smallest absolute Gasteiger partial charge is 0.175 e. The zero-order chi connectivity index (χ0) is 11.3. The Morgan fingerprint density at radius 2 is 2.27 bits per heavy atom. The molecule has 1 rings (SSSR count). The van der Waals surface area contributed by atoms with E-state index in [-0.39, 0.29) is 0 Å². The van der Waals surface area contributed by atoms with Crippen LogP contribution in [-0.4, -0.2) is 5.97 Å². The van der Waals surface area contributed by atoms with Gasteiger partial charge in [-0.1, -0.05) is 6.08 Å². The third-order valence-electron chi connectivity index (χ3n) is 1.85. The first-order valence-electron chi connectivity index (χ1n) is 4.60. The summed E-state index contributed by atoms with van der Waals surface area (Å²) >= 11 is 0. The third-order valence-corrected chi connectivity index (χ3v) is 1.85. The van der Waals surface area contributed by atoms with Crippen LogP contribution in [0.15, 0.2) is 42.3 Å². The summed E-state index contributed by atoms with van der Waals surface area (Å²) in [6.45, 7) is 1.72. The van der Waals surface area contributed by atoms with Crippen molar-refractivity contribution in [1.29, 1.82) is 0 Å². The summed E-state index contributed by atoms with van der Waals surface area (Å²) in [6, 6.07) is 3.88. The molecule has 0 saturated carbocycles. The number of carbonyl (C=O) groups is 1. The summed E-state index contributed by atoms with van der Waals surface area (Å²) in [5.41, 5.74) is 1.67. The molecule has 78 valence electrons. The van der Waals surface area contributed by atoms with E-state index >= 15 is 0 Å². The summed E-state index contributed by atoms with van der Waals surface area (Å²) in [5, 5.41) is 10.2. The molecule has 0 unspecified atom stereocenters. The molecule has 0 fully saturated rings. The van der Waals surface area contributed by atoms with Crippen LogP contribution in [0.4, 0.5) is 0 Å². The molecular weight excluding hydrogens is 190 g/mol. The van der Waals surface area contributed by atoms with Crippen LogP contribution in [0.5, 0.6) is 0 Å². The van der Waals surface area contributed by atoms with Crippen LogP contribution in [0, 0.1) is 0 Å². The normalized spacial score (nSPS) is 12.0. The number of pyridine rings is 1. The first-order valence-corrected chi connectivity index (χ1v) is 4.60. The lowest BCUT2D eigenvalue weighted by molar-refractivity contribution is -0.671. The monoisotopic (exact) mass is 203 g/mol. The molecule has 15 heavy (non-hydrogen) atoms. The van der Waals surface area contributed by atoms with Crippen LogP contribution in [-0.2, 0) is 11.8 Å². The number of aliphatic carboxylic acids is 1. The summed E-state index contributed by atoms with van der Waals surface area (Å²) in [7, 11) is 1.93. The molecule has 0 aromatic carbocycles. The van der Waals surface area contributed by atoms with Crippen molar-refractivity contribution in [3.63, 3.8) is 0 Å². The molecule has 1 aromatic rings. The number of carboxylic acid groups (broad SMARTS) is 1. The molecule has 1 heterocycles. The van der Waals surface area contributed by atoms with Gasteiger partial charge in [-0.2, -0.15) is 0 Å². The van der Waals surface area contributed by atoms with Crippen molar-refractivity contribution in [2.45, 2.75) is 6.92 Å². The summed E-state index contributed by atoms with van der Waals surface area (Å²) in [5.74, 6) is -1.17. The van der Waals surface area contributed by atoms with Gasteiger partial charge in [-0.3, -0.25) is 0 Å². The number of nitrogens with zero attached hydrogens (tertiary/aromatic N) is 1. The van der Waals surface area contributed by atoms with Gasteiger partial charge in [0, 0.05) is 11.6 Å².